The van der Waals surface area contributed by atoms with Gasteiger partial charge in [0.15, 0.2) is 5.13 Å². The van der Waals surface area contributed by atoms with E-state index in [9.17, 15) is 9.59 Å². The van der Waals surface area contributed by atoms with Crippen molar-refractivity contribution in [1.82, 2.24) is 4.98 Å². The number of carbonyl (C=O) groups excluding carboxylic acids is 2. The predicted octanol–water partition coefficient (Wildman–Crippen LogP) is 3.60. The standard InChI is InChI=1S/C19H17N3O2S/c23-17(21-19-20-15-4-1-2-5-16(15)25-19)12-13-7-9-14(10-8-13)22-11-3-6-18(22)24/h1-2,4-5,7-10H,3,6,11-12H2,(H,20,21,23). The number of nitrogens with zero attached hydrogens (tertiary/aromatic N) is 2. The van der Waals surface area contributed by atoms with Crippen molar-refractivity contribution in [3.05, 3.63) is 54.1 Å². The molecule has 0 bridgehead atoms. The molecule has 4 rings (SSSR count). The fourth-order valence-corrected chi connectivity index (χ4v) is 3.87. The molecule has 6 heteroatoms. The van der Waals surface area contributed by atoms with E-state index in [1.54, 1.807) is 4.90 Å². The first-order chi connectivity index (χ1) is 12.2. The zero-order valence-corrected chi connectivity index (χ0v) is 14.4. The Labute approximate surface area is 149 Å². The first kappa shape index (κ1) is 15.8. The monoisotopic (exact) mass is 351 g/mol. The summed E-state index contributed by atoms with van der Waals surface area (Å²) in [4.78, 5) is 30.2. The normalized spacial score (nSPS) is 14.2. The molecule has 1 aliphatic heterocycles. The minimum Gasteiger partial charge on any atom is -0.312 e. The Morgan fingerprint density at radius 2 is 1.96 bits per heavy atom. The molecule has 25 heavy (non-hydrogen) atoms. The van der Waals surface area contributed by atoms with Crippen LogP contribution >= 0.6 is 11.3 Å². The van der Waals surface area contributed by atoms with Crippen molar-refractivity contribution in [2.45, 2.75) is 19.3 Å². The number of thiazole rings is 1. The van der Waals surface area contributed by atoms with Gasteiger partial charge in [-0.15, -0.1) is 0 Å². The predicted molar refractivity (Wildman–Crippen MR) is 100.0 cm³/mol. The number of carbonyl (C=O) groups is 2. The highest BCUT2D eigenvalue weighted by Gasteiger charge is 2.21. The number of hydrogen-bond acceptors (Lipinski definition) is 4. The zero-order valence-electron chi connectivity index (χ0n) is 13.6. The lowest BCUT2D eigenvalue weighted by Crippen LogP contribution is -2.23. The number of aromatic nitrogens is 1. The molecule has 2 amide bonds. The quantitative estimate of drug-likeness (QED) is 0.781. The minimum atomic E-state index is -0.0935. The number of nitrogens with one attached hydrogen (secondary N) is 1. The van der Waals surface area contributed by atoms with Crippen LogP contribution in [0.5, 0.6) is 0 Å². The smallest absolute Gasteiger partial charge is 0.230 e. The van der Waals surface area contributed by atoms with E-state index in [0.717, 1.165) is 34.4 Å². The lowest BCUT2D eigenvalue weighted by atomic mass is 10.1. The lowest BCUT2D eigenvalue weighted by Gasteiger charge is -2.15. The Morgan fingerprint density at radius 3 is 2.68 bits per heavy atom. The fraction of sp³-hybridized carbons (Fsp3) is 0.211. The Balaban J connectivity index is 1.41. The van der Waals surface area contributed by atoms with Crippen molar-refractivity contribution in [3.63, 3.8) is 0 Å². The van der Waals surface area contributed by atoms with E-state index >= 15 is 0 Å². The van der Waals surface area contributed by atoms with E-state index in [1.807, 2.05) is 48.5 Å². The second-order valence-corrected chi connectivity index (χ2v) is 7.06. The van der Waals surface area contributed by atoms with Crippen LogP contribution < -0.4 is 10.2 Å². The fourth-order valence-electron chi connectivity index (χ4n) is 2.99. The molecule has 0 atom stereocenters. The second-order valence-electron chi connectivity index (χ2n) is 6.03. The number of amides is 2. The average Bonchev–Trinajstić information content (AvgIpc) is 3.21. The van der Waals surface area contributed by atoms with E-state index < -0.39 is 0 Å². The summed E-state index contributed by atoms with van der Waals surface area (Å²) in [5, 5.41) is 3.48. The van der Waals surface area contributed by atoms with Crippen molar-refractivity contribution in [2.75, 3.05) is 16.8 Å². The molecule has 0 spiro atoms. The third kappa shape index (κ3) is 3.39. The van der Waals surface area contributed by atoms with E-state index in [-0.39, 0.29) is 18.2 Å². The number of para-hydroxylation sites is 1. The molecule has 1 saturated heterocycles. The summed E-state index contributed by atoms with van der Waals surface area (Å²) < 4.78 is 1.05. The molecular weight excluding hydrogens is 334 g/mol. The van der Waals surface area contributed by atoms with Gasteiger partial charge < -0.3 is 10.2 Å². The maximum atomic E-state index is 12.2. The van der Waals surface area contributed by atoms with Crippen molar-refractivity contribution in [3.8, 4) is 0 Å². The first-order valence-electron chi connectivity index (χ1n) is 8.24. The van der Waals surface area contributed by atoms with E-state index in [1.165, 1.54) is 11.3 Å². The van der Waals surface area contributed by atoms with Gasteiger partial charge in [-0.1, -0.05) is 35.6 Å². The van der Waals surface area contributed by atoms with Gasteiger partial charge in [-0.05, 0) is 36.2 Å². The Bertz CT molecular complexity index is 900. The number of hydrogen-bond donors (Lipinski definition) is 1. The van der Waals surface area contributed by atoms with Crippen LogP contribution in [0.25, 0.3) is 10.2 Å². The molecule has 1 aromatic heterocycles. The topological polar surface area (TPSA) is 62.3 Å². The van der Waals surface area contributed by atoms with E-state index in [2.05, 4.69) is 10.3 Å². The molecule has 1 fully saturated rings. The lowest BCUT2D eigenvalue weighted by molar-refractivity contribution is -0.117. The van der Waals surface area contributed by atoms with Crippen molar-refractivity contribution >= 4 is 44.2 Å². The molecule has 5 nitrogen and oxygen atoms in total. The van der Waals surface area contributed by atoms with Crippen LogP contribution in [0, 0.1) is 0 Å². The Hall–Kier alpha value is -2.73. The maximum Gasteiger partial charge on any atom is 0.230 e. The molecule has 0 unspecified atom stereocenters. The van der Waals surface area contributed by atoms with Gasteiger partial charge in [0.1, 0.15) is 0 Å². The van der Waals surface area contributed by atoms with Crippen LogP contribution in [0.1, 0.15) is 18.4 Å². The Kier molecular flexibility index (Phi) is 4.19. The first-order valence-corrected chi connectivity index (χ1v) is 9.05. The third-order valence-corrected chi connectivity index (χ3v) is 5.18. The Morgan fingerprint density at radius 1 is 1.16 bits per heavy atom. The van der Waals surface area contributed by atoms with Crippen LogP contribution in [0.2, 0.25) is 0 Å². The van der Waals surface area contributed by atoms with Crippen LogP contribution in [0.3, 0.4) is 0 Å². The molecule has 1 aliphatic rings. The molecule has 1 N–H and O–H groups in total. The number of anilines is 2. The zero-order chi connectivity index (χ0) is 17.2. The molecule has 0 aliphatic carbocycles. The summed E-state index contributed by atoms with van der Waals surface area (Å²) in [7, 11) is 0. The van der Waals surface area contributed by atoms with Gasteiger partial charge in [-0.2, -0.15) is 0 Å². The van der Waals surface area contributed by atoms with Crippen molar-refractivity contribution < 1.29 is 9.59 Å². The van der Waals surface area contributed by atoms with Gasteiger partial charge in [0.25, 0.3) is 0 Å². The number of rotatable bonds is 4. The summed E-state index contributed by atoms with van der Waals surface area (Å²) in [6.45, 7) is 0.774. The number of fused-ring (bicyclic) bond motifs is 1. The SMILES string of the molecule is O=C(Cc1ccc(N2CCCC2=O)cc1)Nc1nc2ccccc2s1. The van der Waals surface area contributed by atoms with Crippen LogP contribution in [-0.2, 0) is 16.0 Å². The highest BCUT2D eigenvalue weighted by molar-refractivity contribution is 7.22. The van der Waals surface area contributed by atoms with Crippen LogP contribution in [-0.4, -0.2) is 23.3 Å². The number of benzene rings is 2. The van der Waals surface area contributed by atoms with E-state index in [0.29, 0.717) is 11.6 Å². The van der Waals surface area contributed by atoms with Gasteiger partial charge in [-0.25, -0.2) is 4.98 Å². The van der Waals surface area contributed by atoms with Crippen LogP contribution in [0.15, 0.2) is 48.5 Å². The van der Waals surface area contributed by atoms with Gasteiger partial charge in [0, 0.05) is 18.7 Å². The van der Waals surface area contributed by atoms with Crippen LogP contribution in [0.4, 0.5) is 10.8 Å². The van der Waals surface area contributed by atoms with Gasteiger partial charge in [0.05, 0.1) is 16.6 Å². The highest BCUT2D eigenvalue weighted by atomic mass is 32.1. The molecule has 126 valence electrons. The second kappa shape index (κ2) is 6.64. The molecule has 2 aromatic carbocycles. The summed E-state index contributed by atoms with van der Waals surface area (Å²) in [6.07, 6.45) is 1.81. The third-order valence-electron chi connectivity index (χ3n) is 4.23. The summed E-state index contributed by atoms with van der Waals surface area (Å²) >= 11 is 1.47. The van der Waals surface area contributed by atoms with Gasteiger partial charge >= 0.3 is 0 Å². The largest absolute Gasteiger partial charge is 0.312 e. The summed E-state index contributed by atoms with van der Waals surface area (Å²) in [5.41, 5.74) is 2.70. The summed E-state index contributed by atoms with van der Waals surface area (Å²) in [5.74, 6) is 0.0744. The molecule has 0 saturated carbocycles. The minimum absolute atomic E-state index is 0.0935. The summed E-state index contributed by atoms with van der Waals surface area (Å²) in [6, 6.07) is 15.4. The van der Waals surface area contributed by atoms with Crippen molar-refractivity contribution in [1.29, 1.82) is 0 Å². The average molecular weight is 351 g/mol. The molecule has 2 heterocycles. The molecule has 0 radical (unpaired) electrons. The maximum absolute atomic E-state index is 12.2. The highest BCUT2D eigenvalue weighted by Crippen LogP contribution is 2.26. The van der Waals surface area contributed by atoms with Crippen molar-refractivity contribution in [2.24, 2.45) is 0 Å². The molecule has 3 aromatic rings. The molecular formula is C19H17N3O2S. The van der Waals surface area contributed by atoms with Gasteiger partial charge in [-0.3, -0.25) is 9.59 Å². The van der Waals surface area contributed by atoms with E-state index in [4.69, 9.17) is 0 Å². The van der Waals surface area contributed by atoms with Gasteiger partial charge in [0.2, 0.25) is 11.8 Å².